The van der Waals surface area contributed by atoms with E-state index in [-0.39, 0.29) is 30.5 Å². The van der Waals surface area contributed by atoms with Gasteiger partial charge in [0.25, 0.3) is 0 Å². The van der Waals surface area contributed by atoms with Gasteiger partial charge in [0.2, 0.25) is 12.7 Å². The number of ether oxygens (including phenoxy) is 2. The summed E-state index contributed by atoms with van der Waals surface area (Å²) >= 11 is 1.69. The Hall–Kier alpha value is -1.11. The van der Waals surface area contributed by atoms with Gasteiger partial charge in [-0.3, -0.25) is 4.79 Å². The number of carbonyl (C=O) groups is 1. The molecule has 134 valence electrons. The Bertz CT molecular complexity index is 569. The van der Waals surface area contributed by atoms with Crippen LogP contribution in [-0.2, 0) is 4.79 Å². The van der Waals surface area contributed by atoms with Crippen molar-refractivity contribution in [2.24, 2.45) is 0 Å². The molecule has 1 saturated heterocycles. The predicted molar refractivity (Wildman–Crippen MR) is 91.9 cm³/mol. The van der Waals surface area contributed by atoms with Crippen LogP contribution >= 0.6 is 11.8 Å². The van der Waals surface area contributed by atoms with Crippen LogP contribution in [0.1, 0.15) is 31.2 Å². The zero-order chi connectivity index (χ0) is 16.2. The molecule has 0 spiro atoms. The minimum absolute atomic E-state index is 0. The number of thioether (sulfide) groups is 1. The maximum atomic E-state index is 12.2. The monoisotopic (exact) mass is 371 g/mol. The van der Waals surface area contributed by atoms with Gasteiger partial charge in [0.05, 0.1) is 5.75 Å². The molecule has 1 fully saturated rings. The van der Waals surface area contributed by atoms with Gasteiger partial charge in [-0.15, -0.1) is 11.8 Å². The molecule has 1 atom stereocenters. The van der Waals surface area contributed by atoms with E-state index < -0.39 is 0 Å². The molecule has 0 saturated carbocycles. The van der Waals surface area contributed by atoms with Crippen LogP contribution in [0.5, 0.6) is 11.5 Å². The summed E-state index contributed by atoms with van der Waals surface area (Å²) in [4.78, 5) is 16.6. The van der Waals surface area contributed by atoms with Crippen molar-refractivity contribution in [3.63, 3.8) is 0 Å². The molecule has 1 aromatic carbocycles. The van der Waals surface area contributed by atoms with E-state index in [1.54, 1.807) is 11.8 Å². The van der Waals surface area contributed by atoms with Gasteiger partial charge >= 0.3 is 0 Å². The molecule has 0 aliphatic carbocycles. The molecule has 2 heterocycles. The summed E-state index contributed by atoms with van der Waals surface area (Å²) in [6.45, 7) is 8.60. The zero-order valence-electron chi connectivity index (χ0n) is 14.2. The Kier molecular flexibility index (Phi) is 7.07. The Morgan fingerprint density at radius 2 is 2.00 bits per heavy atom. The van der Waals surface area contributed by atoms with Gasteiger partial charge in [0.1, 0.15) is 5.37 Å². The van der Waals surface area contributed by atoms with Gasteiger partial charge in [-0.1, -0.05) is 19.9 Å². The normalized spacial score (nSPS) is 19.0. The molecule has 0 N–H and O–H groups in total. The summed E-state index contributed by atoms with van der Waals surface area (Å²) in [7, 11) is 0. The summed E-state index contributed by atoms with van der Waals surface area (Å²) in [5.41, 5.74) is 1.12. The molecule has 1 aromatic rings. The largest absolute Gasteiger partial charge is 1.00 e. The van der Waals surface area contributed by atoms with Crippen LogP contribution in [0.15, 0.2) is 18.2 Å². The zero-order valence-corrected chi connectivity index (χ0v) is 15.7. The van der Waals surface area contributed by atoms with E-state index in [4.69, 9.17) is 9.47 Å². The van der Waals surface area contributed by atoms with Crippen molar-refractivity contribution in [1.29, 1.82) is 0 Å². The first kappa shape index (κ1) is 19.2. The summed E-state index contributed by atoms with van der Waals surface area (Å²) in [5.74, 6) is 2.36. The SMILES string of the molecule is CCN(CC)CCCN1C(=O)CSC1c1ccc2c(c1)OCO2.[Cl-]. The molecule has 0 bridgehead atoms. The number of fused-ring (bicyclic) bond motifs is 1. The van der Waals surface area contributed by atoms with E-state index in [9.17, 15) is 4.79 Å². The third kappa shape index (κ3) is 4.10. The molecular weight excluding hydrogens is 348 g/mol. The number of rotatable bonds is 7. The van der Waals surface area contributed by atoms with Gasteiger partial charge in [-0.25, -0.2) is 0 Å². The average Bonchev–Trinajstić information content (AvgIpc) is 3.17. The van der Waals surface area contributed by atoms with Gasteiger partial charge in [0.15, 0.2) is 11.5 Å². The van der Waals surface area contributed by atoms with Crippen molar-refractivity contribution in [2.45, 2.75) is 25.6 Å². The smallest absolute Gasteiger partial charge is 0.233 e. The number of amides is 1. The summed E-state index contributed by atoms with van der Waals surface area (Å²) in [6, 6.07) is 5.99. The number of carbonyl (C=O) groups excluding carboxylic acids is 1. The Morgan fingerprint density at radius 1 is 1.25 bits per heavy atom. The third-order valence-corrected chi connectivity index (χ3v) is 5.67. The van der Waals surface area contributed by atoms with Crippen LogP contribution < -0.4 is 21.9 Å². The fourth-order valence-electron chi connectivity index (χ4n) is 3.04. The van der Waals surface area contributed by atoms with Crippen molar-refractivity contribution in [2.75, 3.05) is 38.7 Å². The molecule has 0 aromatic heterocycles. The highest BCUT2D eigenvalue weighted by Gasteiger charge is 2.33. The number of halogens is 1. The minimum atomic E-state index is 0. The van der Waals surface area contributed by atoms with E-state index in [1.165, 1.54) is 0 Å². The first-order valence-corrected chi connectivity index (χ1v) is 9.30. The summed E-state index contributed by atoms with van der Waals surface area (Å²) < 4.78 is 10.8. The standard InChI is InChI=1S/C17H24N2O3S.ClH/c1-3-18(4-2)8-5-9-19-16(20)11-23-17(19)13-6-7-14-15(10-13)22-12-21-14;/h6-7,10,17H,3-5,8-9,11-12H2,1-2H3;1H/p-1. The molecule has 24 heavy (non-hydrogen) atoms. The average molecular weight is 372 g/mol. The number of benzene rings is 1. The van der Waals surface area contributed by atoms with Gasteiger partial charge in [-0.2, -0.15) is 0 Å². The van der Waals surface area contributed by atoms with E-state index in [0.29, 0.717) is 5.75 Å². The van der Waals surface area contributed by atoms with Crippen molar-refractivity contribution in [1.82, 2.24) is 9.80 Å². The number of nitrogens with zero attached hydrogens (tertiary/aromatic N) is 2. The molecule has 1 unspecified atom stereocenters. The Labute approximate surface area is 154 Å². The highest BCUT2D eigenvalue weighted by Crippen LogP contribution is 2.42. The van der Waals surface area contributed by atoms with Gasteiger partial charge in [0, 0.05) is 6.54 Å². The highest BCUT2D eigenvalue weighted by molar-refractivity contribution is 8.00. The Balaban J connectivity index is 0.00000208. The number of hydrogen-bond acceptors (Lipinski definition) is 5. The molecule has 2 aliphatic rings. The molecule has 2 aliphatic heterocycles. The lowest BCUT2D eigenvalue weighted by atomic mass is 10.1. The number of hydrogen-bond donors (Lipinski definition) is 0. The van der Waals surface area contributed by atoms with Crippen molar-refractivity contribution in [3.8, 4) is 11.5 Å². The van der Waals surface area contributed by atoms with E-state index in [2.05, 4.69) is 18.7 Å². The van der Waals surface area contributed by atoms with Crippen molar-refractivity contribution < 1.29 is 26.7 Å². The van der Waals surface area contributed by atoms with Crippen LogP contribution in [0.4, 0.5) is 0 Å². The maximum Gasteiger partial charge on any atom is 0.233 e. The lowest BCUT2D eigenvalue weighted by Gasteiger charge is -2.26. The van der Waals surface area contributed by atoms with Crippen LogP contribution in [0.2, 0.25) is 0 Å². The lowest BCUT2D eigenvalue weighted by Crippen LogP contribution is -3.00. The molecule has 1 amide bonds. The fraction of sp³-hybridized carbons (Fsp3) is 0.588. The van der Waals surface area contributed by atoms with Crippen LogP contribution in [-0.4, -0.2) is 54.4 Å². The minimum Gasteiger partial charge on any atom is -1.00 e. The van der Waals surface area contributed by atoms with Crippen molar-refractivity contribution in [3.05, 3.63) is 23.8 Å². The second kappa shape index (κ2) is 8.83. The molecule has 0 radical (unpaired) electrons. The summed E-state index contributed by atoms with van der Waals surface area (Å²) in [5, 5.41) is 0.0914. The molecule has 5 nitrogen and oxygen atoms in total. The third-order valence-electron chi connectivity index (χ3n) is 4.42. The molecule has 7 heteroatoms. The van der Waals surface area contributed by atoms with Crippen LogP contribution in [0.25, 0.3) is 0 Å². The fourth-order valence-corrected chi connectivity index (χ4v) is 4.25. The van der Waals surface area contributed by atoms with E-state index in [0.717, 1.165) is 49.7 Å². The first-order valence-electron chi connectivity index (χ1n) is 8.26. The van der Waals surface area contributed by atoms with Crippen LogP contribution in [0, 0.1) is 0 Å². The second-order valence-electron chi connectivity index (χ2n) is 5.74. The quantitative estimate of drug-likeness (QED) is 0.660. The predicted octanol–water partition coefficient (Wildman–Crippen LogP) is -0.275. The highest BCUT2D eigenvalue weighted by atomic mass is 35.5. The molecule has 3 rings (SSSR count). The Morgan fingerprint density at radius 3 is 2.75 bits per heavy atom. The van der Waals surface area contributed by atoms with Gasteiger partial charge in [-0.05, 0) is 43.8 Å². The first-order chi connectivity index (χ1) is 11.2. The second-order valence-corrected chi connectivity index (χ2v) is 6.81. The summed E-state index contributed by atoms with van der Waals surface area (Å²) in [6.07, 6.45) is 1.01. The van der Waals surface area contributed by atoms with E-state index in [1.807, 2.05) is 23.1 Å². The maximum absolute atomic E-state index is 12.2. The van der Waals surface area contributed by atoms with Crippen molar-refractivity contribution >= 4 is 17.7 Å². The van der Waals surface area contributed by atoms with Gasteiger partial charge < -0.3 is 31.7 Å². The lowest BCUT2D eigenvalue weighted by molar-refractivity contribution is -0.128. The molecular formula is C17H24ClN2O3S-. The topological polar surface area (TPSA) is 42.0 Å². The van der Waals surface area contributed by atoms with E-state index >= 15 is 0 Å². The van der Waals surface area contributed by atoms with Crippen LogP contribution in [0.3, 0.4) is 0 Å².